The Hall–Kier alpha value is -1.05. The zero-order valence-corrected chi connectivity index (χ0v) is 7.66. The number of aliphatic carboxylic acids is 1. The molecule has 0 bridgehead atoms. The molecule has 0 fully saturated rings. The van der Waals surface area contributed by atoms with Gasteiger partial charge in [0.15, 0.2) is 0 Å². The van der Waals surface area contributed by atoms with Gasteiger partial charge in [0, 0.05) is 0 Å². The number of carboxylic acid groups (broad SMARTS) is 1. The molecule has 1 N–H and O–H groups in total. The van der Waals surface area contributed by atoms with Crippen molar-refractivity contribution in [3.63, 3.8) is 0 Å². The van der Waals surface area contributed by atoms with E-state index in [0.717, 1.165) is 0 Å². The van der Waals surface area contributed by atoms with Gasteiger partial charge in [-0.15, -0.1) is 13.2 Å². The van der Waals surface area contributed by atoms with Gasteiger partial charge in [0.25, 0.3) is 0 Å². The number of carboxylic acids is 1. The Morgan fingerprint density at radius 2 is 1.58 bits per heavy atom. The molecule has 0 spiro atoms. The third-order valence-electron chi connectivity index (χ3n) is 2.16. The molecule has 0 heterocycles. The van der Waals surface area contributed by atoms with Crippen molar-refractivity contribution < 1.29 is 9.90 Å². The number of rotatable bonds is 5. The van der Waals surface area contributed by atoms with E-state index in [0.29, 0.717) is 0 Å². The molecule has 0 aliphatic heterocycles. The van der Waals surface area contributed by atoms with E-state index in [2.05, 4.69) is 13.2 Å². The standard InChI is InChI=1S/C10H16O2/c1-5-7(3)9(10(11)12)8(4)6-2/h5-9H,1-2H2,3-4H3,(H,11,12)/t7-,8-/m1/s1. The van der Waals surface area contributed by atoms with Crippen LogP contribution in [0.25, 0.3) is 0 Å². The molecule has 0 amide bonds. The lowest BCUT2D eigenvalue weighted by Gasteiger charge is -2.20. The zero-order chi connectivity index (χ0) is 9.72. The maximum Gasteiger partial charge on any atom is 0.307 e. The fourth-order valence-electron chi connectivity index (χ4n) is 1.22. The van der Waals surface area contributed by atoms with Crippen LogP contribution in [-0.4, -0.2) is 11.1 Å². The van der Waals surface area contributed by atoms with Crippen molar-refractivity contribution in [3.05, 3.63) is 25.3 Å². The van der Waals surface area contributed by atoms with Crippen LogP contribution >= 0.6 is 0 Å². The lowest BCUT2D eigenvalue weighted by Crippen LogP contribution is -2.25. The molecule has 0 unspecified atom stereocenters. The van der Waals surface area contributed by atoms with Crippen LogP contribution in [0.1, 0.15) is 13.8 Å². The molecule has 2 heteroatoms. The van der Waals surface area contributed by atoms with Crippen molar-refractivity contribution in [2.45, 2.75) is 13.8 Å². The summed E-state index contributed by atoms with van der Waals surface area (Å²) >= 11 is 0. The summed E-state index contributed by atoms with van der Waals surface area (Å²) in [5.41, 5.74) is 0. The van der Waals surface area contributed by atoms with E-state index >= 15 is 0 Å². The molecule has 0 aliphatic carbocycles. The van der Waals surface area contributed by atoms with Crippen molar-refractivity contribution in [3.8, 4) is 0 Å². The lowest BCUT2D eigenvalue weighted by atomic mass is 9.83. The maximum absolute atomic E-state index is 10.8. The molecule has 0 radical (unpaired) electrons. The lowest BCUT2D eigenvalue weighted by molar-refractivity contribution is -0.144. The molecular formula is C10H16O2. The molecule has 0 aromatic rings. The summed E-state index contributed by atoms with van der Waals surface area (Å²) in [6.07, 6.45) is 3.33. The predicted molar refractivity (Wildman–Crippen MR) is 49.8 cm³/mol. The summed E-state index contributed by atoms with van der Waals surface area (Å²) < 4.78 is 0. The average Bonchev–Trinajstić information content (AvgIpc) is 2.03. The Morgan fingerprint density at radius 3 is 1.75 bits per heavy atom. The molecule has 12 heavy (non-hydrogen) atoms. The van der Waals surface area contributed by atoms with E-state index in [9.17, 15) is 4.79 Å². The highest BCUT2D eigenvalue weighted by Crippen LogP contribution is 2.22. The normalized spacial score (nSPS) is 15.2. The number of allylic oxidation sites excluding steroid dienone is 2. The highest BCUT2D eigenvalue weighted by Gasteiger charge is 2.26. The van der Waals surface area contributed by atoms with Crippen molar-refractivity contribution >= 4 is 5.97 Å². The molecule has 2 nitrogen and oxygen atoms in total. The van der Waals surface area contributed by atoms with Crippen LogP contribution in [0.3, 0.4) is 0 Å². The molecule has 0 aliphatic rings. The predicted octanol–water partition coefficient (Wildman–Crippen LogP) is 2.33. The van der Waals surface area contributed by atoms with Crippen molar-refractivity contribution in [1.29, 1.82) is 0 Å². The first-order valence-corrected chi connectivity index (χ1v) is 4.02. The highest BCUT2D eigenvalue weighted by atomic mass is 16.4. The topological polar surface area (TPSA) is 37.3 Å². The Labute approximate surface area is 73.6 Å². The van der Waals surface area contributed by atoms with Crippen LogP contribution < -0.4 is 0 Å². The second-order valence-corrected chi connectivity index (χ2v) is 3.05. The molecule has 0 aromatic carbocycles. The first kappa shape index (κ1) is 11.0. The van der Waals surface area contributed by atoms with Crippen molar-refractivity contribution in [1.82, 2.24) is 0 Å². The summed E-state index contributed by atoms with van der Waals surface area (Å²) in [4.78, 5) is 10.8. The molecule has 0 rings (SSSR count). The SMILES string of the molecule is C=C[C@@H](C)C(C(=O)O)[C@H](C)C=C. The van der Waals surface area contributed by atoms with Gasteiger partial charge in [-0.3, -0.25) is 4.79 Å². The molecule has 2 atom stereocenters. The number of hydrogen-bond donors (Lipinski definition) is 1. The van der Waals surface area contributed by atoms with Gasteiger partial charge < -0.3 is 5.11 Å². The number of carbonyl (C=O) groups is 1. The maximum atomic E-state index is 10.8. The minimum atomic E-state index is -0.783. The first-order valence-electron chi connectivity index (χ1n) is 4.02. The molecule has 68 valence electrons. The summed E-state index contributed by atoms with van der Waals surface area (Å²) in [6, 6.07) is 0. The zero-order valence-electron chi connectivity index (χ0n) is 7.66. The van der Waals surface area contributed by atoms with E-state index in [-0.39, 0.29) is 11.8 Å². The van der Waals surface area contributed by atoms with Crippen LogP contribution in [0.2, 0.25) is 0 Å². The van der Waals surface area contributed by atoms with Crippen molar-refractivity contribution in [2.24, 2.45) is 17.8 Å². The smallest absolute Gasteiger partial charge is 0.307 e. The Morgan fingerprint density at radius 1 is 1.25 bits per heavy atom. The van der Waals surface area contributed by atoms with Crippen molar-refractivity contribution in [2.75, 3.05) is 0 Å². The summed E-state index contributed by atoms with van der Waals surface area (Å²) in [5.74, 6) is -1.22. The third kappa shape index (κ3) is 2.53. The van der Waals surface area contributed by atoms with Crippen LogP contribution in [0, 0.1) is 17.8 Å². The van der Waals surface area contributed by atoms with Crippen LogP contribution in [0.5, 0.6) is 0 Å². The molecular weight excluding hydrogens is 152 g/mol. The Bertz CT molecular complexity index is 170. The minimum Gasteiger partial charge on any atom is -0.481 e. The molecule has 0 saturated carbocycles. The second-order valence-electron chi connectivity index (χ2n) is 3.05. The second kappa shape index (κ2) is 4.75. The first-order chi connectivity index (χ1) is 5.54. The number of hydrogen-bond acceptors (Lipinski definition) is 1. The van der Waals surface area contributed by atoms with E-state index in [1.807, 2.05) is 13.8 Å². The fourth-order valence-corrected chi connectivity index (χ4v) is 1.22. The average molecular weight is 168 g/mol. The van der Waals surface area contributed by atoms with E-state index in [1.54, 1.807) is 12.2 Å². The van der Waals surface area contributed by atoms with E-state index in [1.165, 1.54) is 0 Å². The fraction of sp³-hybridized carbons (Fsp3) is 0.500. The van der Waals surface area contributed by atoms with Crippen LogP contribution in [-0.2, 0) is 4.79 Å². The van der Waals surface area contributed by atoms with Gasteiger partial charge in [-0.1, -0.05) is 26.0 Å². The van der Waals surface area contributed by atoms with Gasteiger partial charge in [-0.2, -0.15) is 0 Å². The largest absolute Gasteiger partial charge is 0.481 e. The van der Waals surface area contributed by atoms with Gasteiger partial charge >= 0.3 is 5.97 Å². The van der Waals surface area contributed by atoms with Gasteiger partial charge in [-0.25, -0.2) is 0 Å². The monoisotopic (exact) mass is 168 g/mol. The van der Waals surface area contributed by atoms with Gasteiger partial charge in [-0.05, 0) is 11.8 Å². The van der Waals surface area contributed by atoms with Gasteiger partial charge in [0.2, 0.25) is 0 Å². The Balaban J connectivity index is 4.52. The van der Waals surface area contributed by atoms with Gasteiger partial charge in [0.1, 0.15) is 0 Å². The summed E-state index contributed by atoms with van der Waals surface area (Å²) in [7, 11) is 0. The van der Waals surface area contributed by atoms with Crippen LogP contribution in [0.4, 0.5) is 0 Å². The third-order valence-corrected chi connectivity index (χ3v) is 2.16. The highest BCUT2D eigenvalue weighted by molar-refractivity contribution is 5.71. The quantitative estimate of drug-likeness (QED) is 0.640. The molecule has 0 aromatic heterocycles. The minimum absolute atomic E-state index is 0.0181. The van der Waals surface area contributed by atoms with Crippen LogP contribution in [0.15, 0.2) is 25.3 Å². The van der Waals surface area contributed by atoms with E-state index < -0.39 is 11.9 Å². The summed E-state index contributed by atoms with van der Waals surface area (Å²) in [6.45, 7) is 10.9. The van der Waals surface area contributed by atoms with E-state index in [4.69, 9.17) is 5.11 Å². The van der Waals surface area contributed by atoms with Gasteiger partial charge in [0.05, 0.1) is 5.92 Å². The molecule has 0 saturated heterocycles. The Kier molecular flexibility index (Phi) is 4.34. The summed E-state index contributed by atoms with van der Waals surface area (Å²) in [5, 5.41) is 8.88.